The average molecular weight is 429 g/mol. The van der Waals surface area contributed by atoms with E-state index >= 15 is 0 Å². The van der Waals surface area contributed by atoms with Gasteiger partial charge in [-0.15, -0.1) is 11.3 Å². The molecule has 0 saturated carbocycles. The summed E-state index contributed by atoms with van der Waals surface area (Å²) in [6.45, 7) is 1.14. The van der Waals surface area contributed by atoms with Gasteiger partial charge in [-0.3, -0.25) is 4.79 Å². The van der Waals surface area contributed by atoms with Crippen LogP contribution >= 0.6 is 11.3 Å². The number of alkyl carbamates (subject to hydrolysis) is 1. The van der Waals surface area contributed by atoms with E-state index < -0.39 is 6.09 Å². The third-order valence-corrected chi connectivity index (χ3v) is 5.85. The van der Waals surface area contributed by atoms with E-state index in [2.05, 4.69) is 16.7 Å². The fourth-order valence-corrected chi connectivity index (χ4v) is 4.52. The number of nitrogens with one attached hydrogen (secondary N) is 2. The van der Waals surface area contributed by atoms with Crippen molar-refractivity contribution in [2.75, 3.05) is 32.2 Å². The Morgan fingerprint density at radius 1 is 1.47 bits per heavy atom. The molecule has 0 fully saturated rings. The van der Waals surface area contributed by atoms with E-state index in [-0.39, 0.29) is 11.8 Å². The number of nitriles is 1. The van der Waals surface area contributed by atoms with Gasteiger partial charge in [-0.2, -0.15) is 5.26 Å². The van der Waals surface area contributed by atoms with Gasteiger partial charge in [-0.25, -0.2) is 4.79 Å². The van der Waals surface area contributed by atoms with E-state index in [0.717, 1.165) is 16.9 Å². The van der Waals surface area contributed by atoms with Crippen molar-refractivity contribution in [1.29, 1.82) is 5.26 Å². The summed E-state index contributed by atoms with van der Waals surface area (Å²) in [5.41, 5.74) is 1.50. The van der Waals surface area contributed by atoms with Crippen molar-refractivity contribution in [2.24, 2.45) is 5.92 Å². The number of carbonyl (C=O) groups is 2. The van der Waals surface area contributed by atoms with Crippen molar-refractivity contribution in [1.82, 2.24) is 5.32 Å². The van der Waals surface area contributed by atoms with Gasteiger partial charge in [0, 0.05) is 24.6 Å². The summed E-state index contributed by atoms with van der Waals surface area (Å²) in [6, 6.07) is 5.70. The second kappa shape index (κ2) is 10.6. The first-order valence-electron chi connectivity index (χ1n) is 9.57. The Balaban J connectivity index is 1.58. The molecule has 2 amide bonds. The van der Waals surface area contributed by atoms with Crippen LogP contribution in [0.5, 0.6) is 0 Å². The first kappa shape index (κ1) is 21.6. The van der Waals surface area contributed by atoms with E-state index in [1.165, 1.54) is 23.7 Å². The van der Waals surface area contributed by atoms with E-state index in [1.807, 2.05) is 0 Å². The molecule has 1 unspecified atom stereocenters. The van der Waals surface area contributed by atoms with Crippen LogP contribution in [0, 0.1) is 17.2 Å². The molecule has 0 aromatic carbocycles. The predicted molar refractivity (Wildman–Crippen MR) is 112 cm³/mol. The van der Waals surface area contributed by atoms with Gasteiger partial charge in [0.1, 0.15) is 16.8 Å². The number of thiophene rings is 1. The Kier molecular flexibility index (Phi) is 7.65. The standard InChI is InChI=1S/C21H23N3O5S/c1-27-10-8-23-21(26)29-13-14-4-6-16-17(12-22)20(30-18(16)11-14)24-19(25)7-5-15-3-2-9-28-15/h2-3,5,7,9,14H,4,6,8,10-11,13H2,1H3,(H,23,26)(H,24,25). The summed E-state index contributed by atoms with van der Waals surface area (Å²) in [7, 11) is 1.56. The Labute approximate surface area is 178 Å². The normalized spacial score (nSPS) is 15.4. The van der Waals surface area contributed by atoms with Crippen molar-refractivity contribution >= 4 is 34.4 Å². The molecular formula is C21H23N3O5S. The number of rotatable bonds is 8. The molecule has 1 atom stereocenters. The quantitative estimate of drug-likeness (QED) is 0.491. The first-order chi connectivity index (χ1) is 14.6. The highest BCUT2D eigenvalue weighted by atomic mass is 32.1. The highest BCUT2D eigenvalue weighted by Crippen LogP contribution is 2.39. The number of nitrogens with zero attached hydrogens (tertiary/aromatic N) is 1. The number of hydrogen-bond acceptors (Lipinski definition) is 7. The van der Waals surface area contributed by atoms with E-state index in [1.54, 1.807) is 25.3 Å². The number of furan rings is 1. The minimum atomic E-state index is -0.460. The molecule has 0 aliphatic heterocycles. The lowest BCUT2D eigenvalue weighted by Gasteiger charge is -2.21. The summed E-state index contributed by atoms with van der Waals surface area (Å²) in [5.74, 6) is 0.428. The number of amides is 2. The Hall–Kier alpha value is -3.09. The molecule has 2 aromatic heterocycles. The van der Waals surface area contributed by atoms with Crippen LogP contribution in [-0.4, -0.2) is 38.9 Å². The predicted octanol–water partition coefficient (Wildman–Crippen LogP) is 3.34. The number of anilines is 1. The number of ether oxygens (including phenoxy) is 2. The van der Waals surface area contributed by atoms with Crippen LogP contribution in [0.2, 0.25) is 0 Å². The molecule has 3 rings (SSSR count). The number of methoxy groups -OCH3 is 1. The third-order valence-electron chi connectivity index (χ3n) is 4.68. The summed E-state index contributed by atoms with van der Waals surface area (Å²) in [5, 5.41) is 15.6. The Morgan fingerprint density at radius 2 is 2.33 bits per heavy atom. The van der Waals surface area contributed by atoms with E-state index in [4.69, 9.17) is 13.9 Å². The molecule has 9 heteroatoms. The van der Waals surface area contributed by atoms with Gasteiger partial charge in [-0.05, 0) is 49.0 Å². The van der Waals surface area contributed by atoms with Gasteiger partial charge in [0.25, 0.3) is 0 Å². The molecule has 30 heavy (non-hydrogen) atoms. The lowest BCUT2D eigenvalue weighted by atomic mass is 9.88. The van der Waals surface area contributed by atoms with Crippen LogP contribution < -0.4 is 10.6 Å². The molecule has 1 aliphatic carbocycles. The number of fused-ring (bicyclic) bond motifs is 1. The SMILES string of the molecule is COCCNC(=O)OCC1CCc2c(sc(NC(=O)C=Cc3ccco3)c2C#N)C1. The fraction of sp³-hybridized carbons (Fsp3) is 0.381. The van der Waals surface area contributed by atoms with Crippen molar-refractivity contribution in [3.63, 3.8) is 0 Å². The molecule has 1 aliphatic rings. The Morgan fingerprint density at radius 3 is 3.07 bits per heavy atom. The minimum absolute atomic E-state index is 0.179. The summed E-state index contributed by atoms with van der Waals surface area (Å²) < 4.78 is 15.3. The smallest absolute Gasteiger partial charge is 0.407 e. The topological polar surface area (TPSA) is 114 Å². The van der Waals surface area contributed by atoms with Gasteiger partial charge >= 0.3 is 6.09 Å². The summed E-state index contributed by atoms with van der Waals surface area (Å²) in [4.78, 5) is 25.0. The molecular weight excluding hydrogens is 406 g/mol. The van der Waals surface area contributed by atoms with Crippen molar-refractivity contribution < 1.29 is 23.5 Å². The molecule has 2 N–H and O–H groups in total. The lowest BCUT2D eigenvalue weighted by Crippen LogP contribution is -2.30. The Bertz CT molecular complexity index is 943. The van der Waals surface area contributed by atoms with Crippen LogP contribution in [0.15, 0.2) is 28.9 Å². The van der Waals surface area contributed by atoms with Crippen LogP contribution in [0.3, 0.4) is 0 Å². The highest BCUT2D eigenvalue weighted by Gasteiger charge is 2.27. The van der Waals surface area contributed by atoms with Crippen LogP contribution in [0.25, 0.3) is 6.08 Å². The molecule has 158 valence electrons. The van der Waals surface area contributed by atoms with Gasteiger partial charge in [0.2, 0.25) is 5.91 Å². The molecule has 0 spiro atoms. The van der Waals surface area contributed by atoms with E-state index in [0.29, 0.717) is 48.9 Å². The second-order valence-corrected chi connectivity index (χ2v) is 7.89. The second-order valence-electron chi connectivity index (χ2n) is 6.78. The van der Waals surface area contributed by atoms with Gasteiger partial charge in [-0.1, -0.05) is 0 Å². The van der Waals surface area contributed by atoms with Crippen molar-refractivity contribution in [2.45, 2.75) is 19.3 Å². The van der Waals surface area contributed by atoms with Gasteiger partial charge < -0.3 is 24.5 Å². The molecule has 0 saturated heterocycles. The minimum Gasteiger partial charge on any atom is -0.465 e. The first-order valence-corrected chi connectivity index (χ1v) is 10.4. The monoisotopic (exact) mass is 429 g/mol. The number of hydrogen-bond donors (Lipinski definition) is 2. The summed E-state index contributed by atoms with van der Waals surface area (Å²) >= 11 is 1.41. The zero-order chi connectivity index (χ0) is 21.3. The molecule has 0 bridgehead atoms. The molecule has 8 nitrogen and oxygen atoms in total. The maximum absolute atomic E-state index is 12.2. The maximum Gasteiger partial charge on any atom is 0.407 e. The van der Waals surface area contributed by atoms with Gasteiger partial charge in [0.15, 0.2) is 0 Å². The van der Waals surface area contributed by atoms with Crippen LogP contribution in [0.1, 0.15) is 28.2 Å². The van der Waals surface area contributed by atoms with Crippen molar-refractivity contribution in [3.8, 4) is 6.07 Å². The largest absolute Gasteiger partial charge is 0.465 e. The molecule has 0 radical (unpaired) electrons. The molecule has 2 aromatic rings. The lowest BCUT2D eigenvalue weighted by molar-refractivity contribution is -0.111. The van der Waals surface area contributed by atoms with Gasteiger partial charge in [0.05, 0.1) is 25.0 Å². The van der Waals surface area contributed by atoms with Crippen LogP contribution in [0.4, 0.5) is 9.80 Å². The summed E-state index contributed by atoms with van der Waals surface area (Å²) in [6.07, 6.45) is 6.25. The zero-order valence-electron chi connectivity index (χ0n) is 16.6. The van der Waals surface area contributed by atoms with Crippen LogP contribution in [-0.2, 0) is 27.1 Å². The third kappa shape index (κ3) is 5.72. The number of carbonyl (C=O) groups excluding carboxylic acids is 2. The van der Waals surface area contributed by atoms with Crippen molar-refractivity contribution in [3.05, 3.63) is 46.2 Å². The van der Waals surface area contributed by atoms with E-state index in [9.17, 15) is 14.9 Å². The molecule has 2 heterocycles. The highest BCUT2D eigenvalue weighted by molar-refractivity contribution is 7.16. The maximum atomic E-state index is 12.2. The average Bonchev–Trinajstić information content (AvgIpc) is 3.37. The fourth-order valence-electron chi connectivity index (χ4n) is 3.20. The zero-order valence-corrected chi connectivity index (χ0v) is 17.4.